The summed E-state index contributed by atoms with van der Waals surface area (Å²) < 4.78 is 5.61. The number of benzene rings is 1. The van der Waals surface area contributed by atoms with Crippen molar-refractivity contribution in [1.82, 2.24) is 0 Å². The lowest BCUT2D eigenvalue weighted by Crippen LogP contribution is -1.81. The number of hydrogen-bond acceptors (Lipinski definition) is 2. The second kappa shape index (κ2) is 4.99. The Morgan fingerprint density at radius 3 is 2.88 bits per heavy atom. The molecule has 0 bridgehead atoms. The third-order valence-electron chi connectivity index (χ3n) is 2.28. The van der Waals surface area contributed by atoms with Gasteiger partial charge in [-0.05, 0) is 24.3 Å². The number of aryl methyl sites for hydroxylation is 1. The molecular formula is C13H11ClO2. The number of aldehydes is 1. The van der Waals surface area contributed by atoms with E-state index in [-0.39, 0.29) is 0 Å². The first kappa shape index (κ1) is 11.0. The van der Waals surface area contributed by atoms with E-state index in [1.165, 1.54) is 0 Å². The van der Waals surface area contributed by atoms with E-state index in [1.54, 1.807) is 0 Å². The molecule has 0 saturated heterocycles. The fraction of sp³-hybridized carbons (Fsp3) is 0.154. The van der Waals surface area contributed by atoms with Crippen molar-refractivity contribution in [1.29, 1.82) is 0 Å². The van der Waals surface area contributed by atoms with Crippen LogP contribution in [0, 0.1) is 0 Å². The van der Waals surface area contributed by atoms with Gasteiger partial charge >= 0.3 is 0 Å². The van der Waals surface area contributed by atoms with Crippen molar-refractivity contribution in [3.05, 3.63) is 47.2 Å². The van der Waals surface area contributed by atoms with E-state index in [9.17, 15) is 4.79 Å². The summed E-state index contributed by atoms with van der Waals surface area (Å²) in [4.78, 5) is 10.2. The maximum absolute atomic E-state index is 10.2. The van der Waals surface area contributed by atoms with Crippen LogP contribution in [-0.4, -0.2) is 6.29 Å². The first-order valence-corrected chi connectivity index (χ1v) is 5.45. The molecule has 16 heavy (non-hydrogen) atoms. The maximum atomic E-state index is 10.2. The fourth-order valence-electron chi connectivity index (χ4n) is 1.51. The molecule has 0 radical (unpaired) electrons. The monoisotopic (exact) mass is 234 g/mol. The maximum Gasteiger partial charge on any atom is 0.134 e. The highest BCUT2D eigenvalue weighted by Gasteiger charge is 2.04. The topological polar surface area (TPSA) is 30.2 Å². The average molecular weight is 235 g/mol. The van der Waals surface area contributed by atoms with Crippen molar-refractivity contribution in [3.8, 4) is 11.3 Å². The van der Waals surface area contributed by atoms with Crippen LogP contribution in [-0.2, 0) is 11.2 Å². The molecule has 1 aromatic heterocycles. The van der Waals surface area contributed by atoms with E-state index in [0.717, 1.165) is 23.4 Å². The highest BCUT2D eigenvalue weighted by Crippen LogP contribution is 2.25. The number of hydrogen-bond donors (Lipinski definition) is 0. The van der Waals surface area contributed by atoms with E-state index < -0.39 is 0 Å². The first-order valence-electron chi connectivity index (χ1n) is 5.08. The summed E-state index contributed by atoms with van der Waals surface area (Å²) in [6, 6.07) is 11.3. The van der Waals surface area contributed by atoms with Crippen molar-refractivity contribution in [2.45, 2.75) is 12.8 Å². The standard InChI is InChI=1S/C13H11ClO2/c14-11-4-1-3-10(9-11)13-7-6-12(16-13)5-2-8-15/h1,3-4,6-9H,2,5H2. The minimum absolute atomic E-state index is 0.489. The summed E-state index contributed by atoms with van der Waals surface area (Å²) in [7, 11) is 0. The molecule has 0 saturated carbocycles. The van der Waals surface area contributed by atoms with Crippen molar-refractivity contribution in [2.24, 2.45) is 0 Å². The summed E-state index contributed by atoms with van der Waals surface area (Å²) >= 11 is 5.90. The third kappa shape index (κ3) is 2.52. The Morgan fingerprint density at radius 1 is 1.25 bits per heavy atom. The Hall–Kier alpha value is -1.54. The van der Waals surface area contributed by atoms with Gasteiger partial charge in [-0.25, -0.2) is 0 Å². The van der Waals surface area contributed by atoms with Crippen LogP contribution >= 0.6 is 11.6 Å². The van der Waals surface area contributed by atoms with Crippen molar-refractivity contribution in [2.75, 3.05) is 0 Å². The van der Waals surface area contributed by atoms with Crippen LogP contribution in [0.15, 0.2) is 40.8 Å². The first-order chi connectivity index (χ1) is 7.79. The second-order valence-electron chi connectivity index (χ2n) is 3.48. The van der Waals surface area contributed by atoms with Gasteiger partial charge in [-0.2, -0.15) is 0 Å². The third-order valence-corrected chi connectivity index (χ3v) is 2.51. The predicted octanol–water partition coefficient (Wildman–Crippen LogP) is 3.73. The SMILES string of the molecule is O=CCCc1ccc(-c2cccc(Cl)c2)o1. The summed E-state index contributed by atoms with van der Waals surface area (Å²) in [5.74, 6) is 1.60. The Labute approximate surface area is 98.8 Å². The molecule has 2 rings (SSSR count). The van der Waals surface area contributed by atoms with Crippen LogP contribution in [0.25, 0.3) is 11.3 Å². The lowest BCUT2D eigenvalue weighted by atomic mass is 10.2. The van der Waals surface area contributed by atoms with Crippen molar-refractivity contribution in [3.63, 3.8) is 0 Å². The van der Waals surface area contributed by atoms with E-state index in [2.05, 4.69) is 0 Å². The fourth-order valence-corrected chi connectivity index (χ4v) is 1.70. The van der Waals surface area contributed by atoms with Gasteiger partial charge in [0.05, 0.1) is 0 Å². The van der Waals surface area contributed by atoms with E-state index in [4.69, 9.17) is 16.0 Å². The Balaban J connectivity index is 2.21. The molecular weight excluding hydrogens is 224 g/mol. The molecule has 0 aliphatic carbocycles. The van der Waals surface area contributed by atoms with Crippen LogP contribution in [0.1, 0.15) is 12.2 Å². The van der Waals surface area contributed by atoms with E-state index in [1.807, 2.05) is 36.4 Å². The summed E-state index contributed by atoms with van der Waals surface area (Å²) in [6.45, 7) is 0. The zero-order chi connectivity index (χ0) is 11.4. The molecule has 0 amide bonds. The highest BCUT2D eigenvalue weighted by atomic mass is 35.5. The van der Waals surface area contributed by atoms with Crippen LogP contribution in [0.3, 0.4) is 0 Å². The Kier molecular flexibility index (Phi) is 3.42. The minimum Gasteiger partial charge on any atom is -0.461 e. The molecule has 82 valence electrons. The van der Waals surface area contributed by atoms with Gasteiger partial charge in [-0.15, -0.1) is 0 Å². The Bertz CT molecular complexity index is 488. The van der Waals surface area contributed by atoms with Gasteiger partial charge in [0, 0.05) is 23.4 Å². The predicted molar refractivity (Wildman–Crippen MR) is 63.5 cm³/mol. The molecule has 2 aromatic rings. The quantitative estimate of drug-likeness (QED) is 0.755. The van der Waals surface area contributed by atoms with Crippen LogP contribution in [0.4, 0.5) is 0 Å². The number of furan rings is 1. The van der Waals surface area contributed by atoms with Gasteiger partial charge in [0.15, 0.2) is 0 Å². The number of rotatable bonds is 4. The van der Waals surface area contributed by atoms with Crippen LogP contribution in [0.5, 0.6) is 0 Å². The molecule has 0 aliphatic rings. The zero-order valence-electron chi connectivity index (χ0n) is 8.65. The van der Waals surface area contributed by atoms with Crippen molar-refractivity contribution < 1.29 is 9.21 Å². The normalized spacial score (nSPS) is 10.3. The molecule has 0 N–H and O–H groups in total. The zero-order valence-corrected chi connectivity index (χ0v) is 9.41. The number of halogens is 1. The molecule has 0 aliphatic heterocycles. The van der Waals surface area contributed by atoms with Gasteiger partial charge in [0.1, 0.15) is 17.8 Å². The molecule has 1 heterocycles. The lowest BCUT2D eigenvalue weighted by molar-refractivity contribution is -0.107. The molecule has 0 unspecified atom stereocenters. The molecule has 3 heteroatoms. The molecule has 2 nitrogen and oxygen atoms in total. The van der Waals surface area contributed by atoms with E-state index >= 15 is 0 Å². The summed E-state index contributed by atoms with van der Waals surface area (Å²) in [6.07, 6.45) is 2.02. The van der Waals surface area contributed by atoms with Gasteiger partial charge in [0.25, 0.3) is 0 Å². The smallest absolute Gasteiger partial charge is 0.134 e. The van der Waals surface area contributed by atoms with Gasteiger partial charge in [0.2, 0.25) is 0 Å². The highest BCUT2D eigenvalue weighted by molar-refractivity contribution is 6.30. The van der Waals surface area contributed by atoms with Crippen LogP contribution < -0.4 is 0 Å². The van der Waals surface area contributed by atoms with Crippen molar-refractivity contribution >= 4 is 17.9 Å². The number of carbonyl (C=O) groups is 1. The van der Waals surface area contributed by atoms with Gasteiger partial charge < -0.3 is 9.21 Å². The average Bonchev–Trinajstić information content (AvgIpc) is 2.75. The van der Waals surface area contributed by atoms with Gasteiger partial charge in [-0.3, -0.25) is 0 Å². The van der Waals surface area contributed by atoms with Crippen LogP contribution in [0.2, 0.25) is 5.02 Å². The lowest BCUT2D eigenvalue weighted by Gasteiger charge is -1.97. The molecule has 0 spiro atoms. The van der Waals surface area contributed by atoms with Gasteiger partial charge in [-0.1, -0.05) is 23.7 Å². The minimum atomic E-state index is 0.489. The summed E-state index contributed by atoms with van der Waals surface area (Å²) in [5.41, 5.74) is 0.949. The van der Waals surface area contributed by atoms with E-state index in [0.29, 0.717) is 17.9 Å². The molecule has 0 fully saturated rings. The summed E-state index contributed by atoms with van der Waals surface area (Å²) in [5, 5.41) is 0.684. The number of carbonyl (C=O) groups excluding carboxylic acids is 1. The Morgan fingerprint density at radius 2 is 2.12 bits per heavy atom. The largest absolute Gasteiger partial charge is 0.461 e. The molecule has 0 atom stereocenters. The molecule has 1 aromatic carbocycles. The second-order valence-corrected chi connectivity index (χ2v) is 3.92.